The third kappa shape index (κ3) is 5.34. The van der Waals surface area contributed by atoms with Crippen LogP contribution in [0.3, 0.4) is 0 Å². The van der Waals surface area contributed by atoms with Gasteiger partial charge in [-0.15, -0.1) is 0 Å². The van der Waals surface area contributed by atoms with Crippen molar-refractivity contribution in [3.8, 4) is 11.6 Å². The van der Waals surface area contributed by atoms with Crippen molar-refractivity contribution in [1.82, 2.24) is 25.8 Å². The number of rotatable bonds is 7. The van der Waals surface area contributed by atoms with Crippen LogP contribution in [0, 0.1) is 0 Å². The molecule has 8 heteroatoms. The smallest absolute Gasteiger partial charge is 0.216 e. The van der Waals surface area contributed by atoms with E-state index in [0.29, 0.717) is 24.6 Å². The first-order valence-corrected chi connectivity index (χ1v) is 9.29. The molecule has 0 radical (unpaired) electrons. The van der Waals surface area contributed by atoms with Crippen LogP contribution in [0.25, 0.3) is 11.6 Å². The Morgan fingerprint density at radius 1 is 1.30 bits per heavy atom. The molecule has 0 saturated heterocycles. The van der Waals surface area contributed by atoms with E-state index in [1.165, 1.54) is 0 Å². The van der Waals surface area contributed by atoms with E-state index < -0.39 is 0 Å². The SMILES string of the molecule is CCNC(=NCCc1nc(-c2ccco2)n[nH]1)NC(C)c1ccc(Cl)cc1. The zero-order valence-corrected chi connectivity index (χ0v) is 16.1. The normalized spacial score (nSPS) is 12.8. The van der Waals surface area contributed by atoms with Crippen molar-refractivity contribution >= 4 is 17.6 Å². The lowest BCUT2D eigenvalue weighted by Gasteiger charge is -2.18. The number of furan rings is 1. The number of guanidine groups is 1. The number of hydrogen-bond donors (Lipinski definition) is 3. The van der Waals surface area contributed by atoms with Crippen LogP contribution in [0.5, 0.6) is 0 Å². The summed E-state index contributed by atoms with van der Waals surface area (Å²) in [5.41, 5.74) is 1.14. The third-order valence-corrected chi connectivity index (χ3v) is 4.21. The van der Waals surface area contributed by atoms with Crippen molar-refractivity contribution in [2.45, 2.75) is 26.3 Å². The Balaban J connectivity index is 1.58. The number of nitrogens with one attached hydrogen (secondary N) is 3. The van der Waals surface area contributed by atoms with Crippen LogP contribution >= 0.6 is 11.6 Å². The van der Waals surface area contributed by atoms with Gasteiger partial charge in [-0.2, -0.15) is 5.10 Å². The quantitative estimate of drug-likeness (QED) is 0.426. The van der Waals surface area contributed by atoms with Gasteiger partial charge in [0, 0.05) is 24.5 Å². The molecule has 0 amide bonds. The van der Waals surface area contributed by atoms with Gasteiger partial charge in [-0.05, 0) is 43.7 Å². The highest BCUT2D eigenvalue weighted by Crippen LogP contribution is 2.16. The number of benzene rings is 1. The minimum atomic E-state index is 0.107. The molecule has 2 heterocycles. The van der Waals surface area contributed by atoms with Crippen LogP contribution < -0.4 is 10.6 Å². The van der Waals surface area contributed by atoms with Gasteiger partial charge in [0.05, 0.1) is 12.3 Å². The summed E-state index contributed by atoms with van der Waals surface area (Å²) in [5, 5.41) is 14.5. The van der Waals surface area contributed by atoms with Gasteiger partial charge < -0.3 is 15.1 Å². The molecule has 3 N–H and O–H groups in total. The van der Waals surface area contributed by atoms with E-state index in [-0.39, 0.29) is 6.04 Å². The fraction of sp³-hybridized carbons (Fsp3) is 0.316. The van der Waals surface area contributed by atoms with Gasteiger partial charge in [0.15, 0.2) is 11.7 Å². The molecule has 1 atom stereocenters. The van der Waals surface area contributed by atoms with Gasteiger partial charge in [0.1, 0.15) is 5.82 Å². The number of nitrogens with zero attached hydrogens (tertiary/aromatic N) is 3. The molecule has 0 aliphatic heterocycles. The van der Waals surface area contributed by atoms with Crippen molar-refractivity contribution in [2.75, 3.05) is 13.1 Å². The predicted molar refractivity (Wildman–Crippen MR) is 107 cm³/mol. The molecule has 142 valence electrons. The molecular weight excluding hydrogens is 364 g/mol. The van der Waals surface area contributed by atoms with Gasteiger partial charge in [-0.1, -0.05) is 23.7 Å². The number of aromatic amines is 1. The van der Waals surface area contributed by atoms with E-state index in [9.17, 15) is 0 Å². The number of aliphatic imine (C=N–C) groups is 1. The summed E-state index contributed by atoms with van der Waals surface area (Å²) in [4.78, 5) is 9.05. The first kappa shape index (κ1) is 19.0. The molecule has 7 nitrogen and oxygen atoms in total. The molecule has 27 heavy (non-hydrogen) atoms. The molecule has 2 aromatic heterocycles. The highest BCUT2D eigenvalue weighted by atomic mass is 35.5. The Morgan fingerprint density at radius 3 is 2.81 bits per heavy atom. The molecule has 3 aromatic rings. The van der Waals surface area contributed by atoms with E-state index in [1.807, 2.05) is 43.3 Å². The van der Waals surface area contributed by atoms with Gasteiger partial charge in [0.2, 0.25) is 5.82 Å². The lowest BCUT2D eigenvalue weighted by atomic mass is 10.1. The molecule has 0 bridgehead atoms. The van der Waals surface area contributed by atoms with Crippen molar-refractivity contribution in [3.05, 3.63) is 59.1 Å². The minimum absolute atomic E-state index is 0.107. The van der Waals surface area contributed by atoms with Crippen LogP contribution in [0.15, 0.2) is 52.1 Å². The fourth-order valence-corrected chi connectivity index (χ4v) is 2.68. The molecule has 0 spiro atoms. The minimum Gasteiger partial charge on any atom is -0.461 e. The van der Waals surface area contributed by atoms with Crippen molar-refractivity contribution in [1.29, 1.82) is 0 Å². The van der Waals surface area contributed by atoms with Crippen LogP contribution in [0.4, 0.5) is 0 Å². The van der Waals surface area contributed by atoms with Crippen LogP contribution in [0.2, 0.25) is 5.02 Å². The first-order valence-electron chi connectivity index (χ1n) is 8.91. The average Bonchev–Trinajstić information content (AvgIpc) is 3.34. The Morgan fingerprint density at radius 2 is 2.11 bits per heavy atom. The second kappa shape index (κ2) is 9.23. The summed E-state index contributed by atoms with van der Waals surface area (Å²) in [6.07, 6.45) is 2.26. The van der Waals surface area contributed by atoms with Crippen LogP contribution in [-0.2, 0) is 6.42 Å². The van der Waals surface area contributed by atoms with Crippen molar-refractivity contribution in [2.24, 2.45) is 4.99 Å². The molecule has 0 fully saturated rings. The second-order valence-corrected chi connectivity index (χ2v) is 6.45. The molecular formula is C19H23ClN6O. The molecule has 0 aliphatic rings. The summed E-state index contributed by atoms with van der Waals surface area (Å²) in [6.45, 7) is 5.48. The number of hydrogen-bond acceptors (Lipinski definition) is 4. The monoisotopic (exact) mass is 386 g/mol. The summed E-state index contributed by atoms with van der Waals surface area (Å²) in [7, 11) is 0. The van der Waals surface area contributed by atoms with Crippen molar-refractivity contribution < 1.29 is 4.42 Å². The Labute approximate surface area is 163 Å². The highest BCUT2D eigenvalue weighted by molar-refractivity contribution is 6.30. The van der Waals surface area contributed by atoms with Crippen LogP contribution in [0.1, 0.15) is 31.3 Å². The van der Waals surface area contributed by atoms with Crippen molar-refractivity contribution in [3.63, 3.8) is 0 Å². The summed E-state index contributed by atoms with van der Waals surface area (Å²) in [6, 6.07) is 11.5. The summed E-state index contributed by atoms with van der Waals surface area (Å²) in [5.74, 6) is 2.73. The topological polar surface area (TPSA) is 91.1 Å². The van der Waals surface area contributed by atoms with E-state index in [1.54, 1.807) is 6.26 Å². The zero-order chi connectivity index (χ0) is 19.1. The lowest BCUT2D eigenvalue weighted by Crippen LogP contribution is -2.38. The van der Waals surface area contributed by atoms with E-state index in [0.717, 1.165) is 28.9 Å². The average molecular weight is 387 g/mol. The first-order chi connectivity index (χ1) is 13.2. The lowest BCUT2D eigenvalue weighted by molar-refractivity contribution is 0.577. The molecule has 0 aliphatic carbocycles. The maximum Gasteiger partial charge on any atom is 0.216 e. The summed E-state index contributed by atoms with van der Waals surface area (Å²) < 4.78 is 5.30. The Kier molecular flexibility index (Phi) is 6.49. The largest absolute Gasteiger partial charge is 0.461 e. The van der Waals surface area contributed by atoms with Gasteiger partial charge in [0.25, 0.3) is 0 Å². The Hall–Kier alpha value is -2.80. The van der Waals surface area contributed by atoms with Gasteiger partial charge in [-0.3, -0.25) is 10.1 Å². The van der Waals surface area contributed by atoms with Gasteiger partial charge in [-0.25, -0.2) is 4.98 Å². The highest BCUT2D eigenvalue weighted by Gasteiger charge is 2.09. The van der Waals surface area contributed by atoms with E-state index >= 15 is 0 Å². The molecule has 3 rings (SSSR count). The number of H-pyrrole nitrogens is 1. The maximum absolute atomic E-state index is 5.96. The third-order valence-electron chi connectivity index (χ3n) is 3.96. The second-order valence-electron chi connectivity index (χ2n) is 6.01. The predicted octanol–water partition coefficient (Wildman–Crippen LogP) is 3.58. The van der Waals surface area contributed by atoms with E-state index in [4.69, 9.17) is 16.0 Å². The zero-order valence-electron chi connectivity index (χ0n) is 15.4. The molecule has 1 aromatic carbocycles. The summed E-state index contributed by atoms with van der Waals surface area (Å²) >= 11 is 5.96. The van der Waals surface area contributed by atoms with Crippen LogP contribution in [-0.4, -0.2) is 34.2 Å². The molecule has 1 unspecified atom stereocenters. The molecule has 0 saturated carbocycles. The fourth-order valence-electron chi connectivity index (χ4n) is 2.56. The van der Waals surface area contributed by atoms with Gasteiger partial charge >= 0.3 is 0 Å². The maximum atomic E-state index is 5.96. The standard InChI is InChI=1S/C19H23ClN6O/c1-3-21-19(23-13(2)14-6-8-15(20)9-7-14)22-11-10-17-24-18(26-25-17)16-5-4-12-27-16/h4-9,12-13H,3,10-11H2,1-2H3,(H2,21,22,23)(H,24,25,26). The number of aromatic nitrogens is 3. The van der Waals surface area contributed by atoms with E-state index in [2.05, 4.69) is 37.7 Å². The number of halogens is 1. The Bertz CT molecular complexity index is 857.